The van der Waals surface area contributed by atoms with E-state index in [-0.39, 0.29) is 11.0 Å². The summed E-state index contributed by atoms with van der Waals surface area (Å²) in [6, 6.07) is 21.1. The van der Waals surface area contributed by atoms with Crippen LogP contribution in [0.15, 0.2) is 77.2 Å². The molecule has 4 rings (SSSR count). The normalized spacial score (nSPS) is 10.4. The molecule has 1 aromatic heterocycles. The van der Waals surface area contributed by atoms with E-state index in [0.29, 0.717) is 33.5 Å². The van der Waals surface area contributed by atoms with Crippen LogP contribution < -0.4 is 20.9 Å². The third kappa shape index (κ3) is 5.46. The van der Waals surface area contributed by atoms with Gasteiger partial charge in [0.15, 0.2) is 5.11 Å². The maximum Gasteiger partial charge on any atom is 0.269 e. The minimum absolute atomic E-state index is 0.239. The van der Waals surface area contributed by atoms with Crippen LogP contribution in [-0.4, -0.2) is 28.3 Å². The second-order valence-electron chi connectivity index (χ2n) is 6.73. The third-order valence-corrected chi connectivity index (χ3v) is 5.09. The van der Waals surface area contributed by atoms with Gasteiger partial charge < -0.3 is 14.5 Å². The fraction of sp³-hybridized carbons (Fsp3) is 0.0435. The highest BCUT2D eigenvalue weighted by atomic mass is 35.5. The Kier molecular flexibility index (Phi) is 6.82. The number of halogens is 1. The number of thiocarbonyl (C=S) groups is 1. The number of carbonyl (C=O) groups is 1. The van der Waals surface area contributed by atoms with Crippen molar-refractivity contribution in [2.24, 2.45) is 0 Å². The second kappa shape index (κ2) is 10.1. The maximum atomic E-state index is 12.4. The number of methoxy groups -OCH3 is 1. The molecule has 8 nitrogen and oxygen atoms in total. The van der Waals surface area contributed by atoms with Crippen LogP contribution in [0.1, 0.15) is 10.4 Å². The lowest BCUT2D eigenvalue weighted by Crippen LogP contribution is -2.43. The zero-order chi connectivity index (χ0) is 23.2. The number of nitrogens with zero attached hydrogens (tertiary/aromatic N) is 2. The summed E-state index contributed by atoms with van der Waals surface area (Å²) in [4.78, 5) is 12.4. The Balaban J connectivity index is 1.34. The molecule has 0 bridgehead atoms. The van der Waals surface area contributed by atoms with E-state index >= 15 is 0 Å². The summed E-state index contributed by atoms with van der Waals surface area (Å²) in [6.07, 6.45) is 0. The first-order valence-corrected chi connectivity index (χ1v) is 10.5. The van der Waals surface area contributed by atoms with Crippen molar-refractivity contribution in [3.63, 3.8) is 0 Å². The molecule has 1 amide bonds. The minimum Gasteiger partial charge on any atom is -0.497 e. The summed E-state index contributed by atoms with van der Waals surface area (Å²) in [5.74, 6) is 1.01. The smallest absolute Gasteiger partial charge is 0.269 e. The van der Waals surface area contributed by atoms with Gasteiger partial charge in [-0.15, -0.1) is 10.2 Å². The van der Waals surface area contributed by atoms with Crippen LogP contribution in [0.4, 0.5) is 5.69 Å². The lowest BCUT2D eigenvalue weighted by Gasteiger charge is -2.12. The number of carbonyl (C=O) groups excluding carboxylic acids is 1. The lowest BCUT2D eigenvalue weighted by atomic mass is 10.1. The van der Waals surface area contributed by atoms with Crippen molar-refractivity contribution in [3.05, 3.63) is 83.4 Å². The summed E-state index contributed by atoms with van der Waals surface area (Å²) in [7, 11) is 1.59. The van der Waals surface area contributed by atoms with E-state index in [1.54, 1.807) is 55.6 Å². The number of nitrogens with one attached hydrogen (secondary N) is 3. The number of hydrogen-bond acceptors (Lipinski definition) is 6. The van der Waals surface area contributed by atoms with Crippen molar-refractivity contribution in [1.82, 2.24) is 21.0 Å². The van der Waals surface area contributed by atoms with Crippen molar-refractivity contribution < 1.29 is 13.9 Å². The van der Waals surface area contributed by atoms with Crippen molar-refractivity contribution in [2.75, 3.05) is 12.4 Å². The lowest BCUT2D eigenvalue weighted by molar-refractivity contribution is 0.0944. The molecule has 0 radical (unpaired) electrons. The SMILES string of the molecule is COc1ccc(NC(=S)NNC(=O)c2ccc(-c3nnc(-c4ccccc4Cl)o3)cc2)cc1. The van der Waals surface area contributed by atoms with Crippen LogP contribution in [-0.2, 0) is 0 Å². The van der Waals surface area contributed by atoms with Gasteiger partial charge in [0.25, 0.3) is 5.91 Å². The molecule has 4 aromatic rings. The predicted octanol–water partition coefficient (Wildman–Crippen LogP) is 4.70. The largest absolute Gasteiger partial charge is 0.497 e. The molecule has 0 fully saturated rings. The molecule has 0 unspecified atom stereocenters. The Bertz CT molecular complexity index is 1280. The zero-order valence-corrected chi connectivity index (χ0v) is 18.9. The summed E-state index contributed by atoms with van der Waals surface area (Å²) in [6.45, 7) is 0. The van der Waals surface area contributed by atoms with Gasteiger partial charge >= 0.3 is 0 Å². The molecule has 3 N–H and O–H groups in total. The highest BCUT2D eigenvalue weighted by Gasteiger charge is 2.14. The van der Waals surface area contributed by atoms with Gasteiger partial charge in [-0.05, 0) is 72.9 Å². The Morgan fingerprint density at radius 2 is 1.64 bits per heavy atom. The van der Waals surface area contributed by atoms with Gasteiger partial charge in [0, 0.05) is 16.8 Å². The molecular formula is C23H18ClN5O3S. The number of benzene rings is 3. The molecule has 0 atom stereocenters. The fourth-order valence-corrected chi connectivity index (χ4v) is 3.26. The Labute approximate surface area is 199 Å². The topological polar surface area (TPSA) is 101 Å². The van der Waals surface area contributed by atoms with Gasteiger partial charge in [0.2, 0.25) is 11.8 Å². The molecule has 0 spiro atoms. The summed E-state index contributed by atoms with van der Waals surface area (Å²) >= 11 is 11.4. The molecule has 0 saturated carbocycles. The predicted molar refractivity (Wildman–Crippen MR) is 130 cm³/mol. The van der Waals surface area contributed by atoms with E-state index in [1.165, 1.54) is 0 Å². The monoisotopic (exact) mass is 479 g/mol. The second-order valence-corrected chi connectivity index (χ2v) is 7.55. The molecule has 0 aliphatic carbocycles. The number of amides is 1. The minimum atomic E-state index is -0.359. The number of hydrogen-bond donors (Lipinski definition) is 3. The molecule has 0 aliphatic heterocycles. The van der Waals surface area contributed by atoms with Crippen LogP contribution in [0, 0.1) is 0 Å². The van der Waals surface area contributed by atoms with Crippen LogP contribution in [0.5, 0.6) is 5.75 Å². The van der Waals surface area contributed by atoms with Crippen molar-refractivity contribution in [3.8, 4) is 28.7 Å². The van der Waals surface area contributed by atoms with E-state index in [9.17, 15) is 4.79 Å². The molecular weight excluding hydrogens is 462 g/mol. The number of rotatable bonds is 5. The molecule has 3 aromatic carbocycles. The summed E-state index contributed by atoms with van der Waals surface area (Å²) in [5.41, 5.74) is 7.71. The molecule has 0 saturated heterocycles. The van der Waals surface area contributed by atoms with Crippen LogP contribution in [0.25, 0.3) is 22.9 Å². The van der Waals surface area contributed by atoms with Crippen LogP contribution >= 0.6 is 23.8 Å². The van der Waals surface area contributed by atoms with E-state index in [0.717, 1.165) is 11.4 Å². The summed E-state index contributed by atoms with van der Waals surface area (Å²) < 4.78 is 10.8. The Morgan fingerprint density at radius 1 is 0.939 bits per heavy atom. The molecule has 1 heterocycles. The van der Waals surface area contributed by atoms with E-state index < -0.39 is 0 Å². The van der Waals surface area contributed by atoms with Crippen molar-refractivity contribution in [2.45, 2.75) is 0 Å². The number of ether oxygens (including phenoxy) is 1. The standard InChI is InChI=1S/C23H18ClN5O3S/c1-31-17-12-10-16(11-13-17)25-23(33)29-26-20(30)14-6-8-15(9-7-14)21-27-28-22(32-21)18-4-2-3-5-19(18)24/h2-13H,1H3,(H,26,30)(H2,25,29,33). The average molecular weight is 480 g/mol. The van der Waals surface area contributed by atoms with Gasteiger partial charge in [0.1, 0.15) is 5.75 Å². The quantitative estimate of drug-likeness (QED) is 0.280. The van der Waals surface area contributed by atoms with E-state index in [4.69, 9.17) is 33.0 Å². The maximum absolute atomic E-state index is 12.4. The average Bonchev–Trinajstić information content (AvgIpc) is 3.33. The highest BCUT2D eigenvalue weighted by molar-refractivity contribution is 7.80. The highest BCUT2D eigenvalue weighted by Crippen LogP contribution is 2.29. The van der Waals surface area contributed by atoms with Gasteiger partial charge in [-0.3, -0.25) is 15.6 Å². The van der Waals surface area contributed by atoms with Gasteiger partial charge in [-0.25, -0.2) is 0 Å². The third-order valence-electron chi connectivity index (χ3n) is 4.56. The number of hydrazine groups is 1. The van der Waals surface area contributed by atoms with Gasteiger partial charge in [0.05, 0.1) is 17.7 Å². The molecule has 33 heavy (non-hydrogen) atoms. The zero-order valence-electron chi connectivity index (χ0n) is 17.3. The Morgan fingerprint density at radius 3 is 2.33 bits per heavy atom. The van der Waals surface area contributed by atoms with E-state index in [1.807, 2.05) is 24.3 Å². The summed E-state index contributed by atoms with van der Waals surface area (Å²) in [5, 5.41) is 11.8. The van der Waals surface area contributed by atoms with Crippen molar-refractivity contribution in [1.29, 1.82) is 0 Å². The van der Waals surface area contributed by atoms with Crippen LogP contribution in [0.2, 0.25) is 5.02 Å². The molecule has 0 aliphatic rings. The van der Waals surface area contributed by atoms with Crippen LogP contribution in [0.3, 0.4) is 0 Å². The number of anilines is 1. The Hall–Kier alpha value is -3.95. The van der Waals surface area contributed by atoms with E-state index in [2.05, 4.69) is 26.4 Å². The fourth-order valence-electron chi connectivity index (χ4n) is 2.87. The first kappa shape index (κ1) is 22.3. The first-order chi connectivity index (χ1) is 16.0. The molecule has 166 valence electrons. The van der Waals surface area contributed by atoms with Crippen molar-refractivity contribution >= 4 is 40.5 Å². The van der Waals surface area contributed by atoms with Gasteiger partial charge in [-0.1, -0.05) is 23.7 Å². The first-order valence-electron chi connectivity index (χ1n) is 9.74. The number of aromatic nitrogens is 2. The molecule has 10 heteroatoms. The van der Waals surface area contributed by atoms with Gasteiger partial charge in [-0.2, -0.15) is 0 Å².